The van der Waals surface area contributed by atoms with Gasteiger partial charge in [-0.1, -0.05) is 12.1 Å². The van der Waals surface area contributed by atoms with Crippen LogP contribution in [-0.4, -0.2) is 31.6 Å². The Morgan fingerprint density at radius 1 is 1.10 bits per heavy atom. The molecule has 5 rings (SSSR count). The Kier molecular flexibility index (Phi) is 4.99. The number of nitrogens with one attached hydrogen (secondary N) is 1. The smallest absolute Gasteiger partial charge is 0.251 e. The zero-order valence-electron chi connectivity index (χ0n) is 16.4. The average molecular weight is 454 g/mol. The monoisotopic (exact) mass is 453 g/mol. The van der Waals surface area contributed by atoms with E-state index >= 15 is 0 Å². The maximum absolute atomic E-state index is 12.5. The predicted molar refractivity (Wildman–Crippen MR) is 121 cm³/mol. The summed E-state index contributed by atoms with van der Waals surface area (Å²) in [5.41, 5.74) is 1.97. The SMILES string of the molecule is O=C(NCc1ccc(-c2nc3ccccc3s2)o1)c1ccc(N2CCCS2(=O)=O)cc1. The first-order valence-corrected chi connectivity index (χ1v) is 12.3. The van der Waals surface area contributed by atoms with Gasteiger partial charge in [0.25, 0.3) is 5.91 Å². The van der Waals surface area contributed by atoms with Gasteiger partial charge in [-0.2, -0.15) is 0 Å². The topological polar surface area (TPSA) is 92.5 Å². The largest absolute Gasteiger partial charge is 0.457 e. The molecule has 0 bridgehead atoms. The Balaban J connectivity index is 1.24. The molecule has 7 nitrogen and oxygen atoms in total. The Labute approximate surface area is 183 Å². The van der Waals surface area contributed by atoms with Gasteiger partial charge >= 0.3 is 0 Å². The molecule has 1 N–H and O–H groups in total. The highest BCUT2D eigenvalue weighted by Crippen LogP contribution is 2.31. The number of fused-ring (bicyclic) bond motifs is 1. The summed E-state index contributed by atoms with van der Waals surface area (Å²) < 4.78 is 32.4. The van der Waals surface area contributed by atoms with Crippen molar-refractivity contribution in [3.63, 3.8) is 0 Å². The zero-order valence-corrected chi connectivity index (χ0v) is 18.1. The lowest BCUT2D eigenvalue weighted by molar-refractivity contribution is 0.0948. The number of benzene rings is 2. The summed E-state index contributed by atoms with van der Waals surface area (Å²) in [6, 6.07) is 18.2. The number of aromatic nitrogens is 1. The second-order valence-electron chi connectivity index (χ2n) is 7.22. The van der Waals surface area contributed by atoms with Gasteiger partial charge in [0.05, 0.1) is 28.2 Å². The molecule has 0 saturated carbocycles. The number of thiazole rings is 1. The number of carbonyl (C=O) groups is 1. The highest BCUT2D eigenvalue weighted by Gasteiger charge is 2.28. The van der Waals surface area contributed by atoms with Crippen molar-refractivity contribution in [1.29, 1.82) is 0 Å². The number of amides is 1. The molecule has 4 aromatic rings. The number of hydrogen-bond acceptors (Lipinski definition) is 6. The van der Waals surface area contributed by atoms with Crippen molar-refractivity contribution in [2.75, 3.05) is 16.6 Å². The Hall–Kier alpha value is -3.17. The van der Waals surface area contributed by atoms with Crippen LogP contribution in [0.2, 0.25) is 0 Å². The van der Waals surface area contributed by atoms with E-state index in [-0.39, 0.29) is 18.2 Å². The van der Waals surface area contributed by atoms with Crippen LogP contribution in [0.3, 0.4) is 0 Å². The summed E-state index contributed by atoms with van der Waals surface area (Å²) in [5.74, 6) is 1.20. The highest BCUT2D eigenvalue weighted by molar-refractivity contribution is 7.93. The minimum atomic E-state index is -3.23. The van der Waals surface area contributed by atoms with Crippen LogP contribution in [0.5, 0.6) is 0 Å². The molecule has 3 heterocycles. The third kappa shape index (κ3) is 3.94. The molecule has 158 valence electrons. The van der Waals surface area contributed by atoms with Crippen LogP contribution in [0.25, 0.3) is 21.0 Å². The van der Waals surface area contributed by atoms with E-state index in [1.54, 1.807) is 35.6 Å². The standard InChI is InChI=1S/C22H19N3O4S2/c26-21(15-6-8-16(9-7-15)25-12-3-13-31(25,27)28)23-14-17-10-11-19(29-17)22-24-18-4-1-2-5-20(18)30-22/h1-2,4-11H,3,12-14H2,(H,23,26). The van der Waals surface area contributed by atoms with E-state index in [0.717, 1.165) is 15.2 Å². The van der Waals surface area contributed by atoms with Gasteiger partial charge in [-0.05, 0) is 55.0 Å². The van der Waals surface area contributed by atoms with E-state index in [1.165, 1.54) is 4.31 Å². The van der Waals surface area contributed by atoms with E-state index < -0.39 is 10.0 Å². The fraction of sp³-hybridized carbons (Fsp3) is 0.182. The van der Waals surface area contributed by atoms with Gasteiger partial charge in [-0.25, -0.2) is 13.4 Å². The quantitative estimate of drug-likeness (QED) is 0.493. The second kappa shape index (κ2) is 7.82. The summed E-state index contributed by atoms with van der Waals surface area (Å²) in [5, 5.41) is 3.63. The molecule has 1 aliphatic rings. The molecule has 9 heteroatoms. The second-order valence-corrected chi connectivity index (χ2v) is 10.3. The summed E-state index contributed by atoms with van der Waals surface area (Å²) in [7, 11) is -3.23. The molecule has 1 saturated heterocycles. The number of furan rings is 1. The minimum Gasteiger partial charge on any atom is -0.457 e. The normalized spacial score (nSPS) is 15.4. The molecule has 0 unspecified atom stereocenters. The van der Waals surface area contributed by atoms with Crippen molar-refractivity contribution in [3.05, 3.63) is 72.0 Å². The molecule has 1 aliphatic heterocycles. The van der Waals surface area contributed by atoms with Crippen molar-refractivity contribution in [3.8, 4) is 10.8 Å². The predicted octanol–water partition coefficient (Wildman–Crippen LogP) is 4.03. The number of nitrogens with zero attached hydrogens (tertiary/aromatic N) is 2. The van der Waals surface area contributed by atoms with Gasteiger partial charge in [-0.3, -0.25) is 9.10 Å². The van der Waals surface area contributed by atoms with Crippen molar-refractivity contribution in [2.24, 2.45) is 0 Å². The van der Waals surface area contributed by atoms with Crippen molar-refractivity contribution >= 4 is 43.2 Å². The van der Waals surface area contributed by atoms with E-state index in [9.17, 15) is 13.2 Å². The zero-order chi connectivity index (χ0) is 21.4. The van der Waals surface area contributed by atoms with Crippen LogP contribution >= 0.6 is 11.3 Å². The molecule has 1 fully saturated rings. The number of anilines is 1. The third-order valence-corrected chi connectivity index (χ3v) is 8.03. The number of rotatable bonds is 5. The van der Waals surface area contributed by atoms with E-state index in [0.29, 0.717) is 35.7 Å². The third-order valence-electron chi connectivity index (χ3n) is 5.11. The number of hydrogen-bond donors (Lipinski definition) is 1. The lowest BCUT2D eigenvalue weighted by Crippen LogP contribution is -2.25. The number of carbonyl (C=O) groups excluding carboxylic acids is 1. The summed E-state index contributed by atoms with van der Waals surface area (Å²) >= 11 is 1.56. The van der Waals surface area contributed by atoms with Gasteiger partial charge in [0, 0.05) is 12.1 Å². The average Bonchev–Trinajstić information content (AvgIpc) is 3.49. The molecule has 0 atom stereocenters. The molecule has 0 aliphatic carbocycles. The van der Waals surface area contributed by atoms with Gasteiger partial charge in [0.1, 0.15) is 5.76 Å². The van der Waals surface area contributed by atoms with Crippen molar-refractivity contribution in [1.82, 2.24) is 10.3 Å². The number of para-hydroxylation sites is 1. The first kappa shape index (κ1) is 19.8. The maximum atomic E-state index is 12.5. The first-order chi connectivity index (χ1) is 15.0. The highest BCUT2D eigenvalue weighted by atomic mass is 32.2. The Morgan fingerprint density at radius 2 is 1.90 bits per heavy atom. The molecular weight excluding hydrogens is 434 g/mol. The van der Waals surface area contributed by atoms with Crippen LogP contribution in [0.1, 0.15) is 22.5 Å². The summed E-state index contributed by atoms with van der Waals surface area (Å²) in [6.07, 6.45) is 0.618. The van der Waals surface area contributed by atoms with Crippen LogP contribution in [0, 0.1) is 0 Å². The molecule has 0 spiro atoms. The van der Waals surface area contributed by atoms with E-state index in [1.807, 2.05) is 36.4 Å². The van der Waals surface area contributed by atoms with Crippen LogP contribution in [0.15, 0.2) is 65.1 Å². The fourth-order valence-corrected chi connectivity index (χ4v) is 6.04. The molecule has 2 aromatic carbocycles. The van der Waals surface area contributed by atoms with Crippen LogP contribution in [-0.2, 0) is 16.6 Å². The fourth-order valence-electron chi connectivity index (χ4n) is 3.54. The van der Waals surface area contributed by atoms with E-state index in [4.69, 9.17) is 4.42 Å². The molecule has 31 heavy (non-hydrogen) atoms. The van der Waals surface area contributed by atoms with Crippen LogP contribution < -0.4 is 9.62 Å². The summed E-state index contributed by atoms with van der Waals surface area (Å²) in [6.45, 7) is 0.718. The van der Waals surface area contributed by atoms with Gasteiger partial charge in [-0.15, -0.1) is 11.3 Å². The van der Waals surface area contributed by atoms with Crippen molar-refractivity contribution < 1.29 is 17.6 Å². The van der Waals surface area contributed by atoms with Crippen molar-refractivity contribution in [2.45, 2.75) is 13.0 Å². The van der Waals surface area contributed by atoms with Gasteiger partial charge in [0.15, 0.2) is 10.8 Å². The summed E-state index contributed by atoms with van der Waals surface area (Å²) in [4.78, 5) is 17.1. The Bertz CT molecular complexity index is 1320. The Morgan fingerprint density at radius 3 is 2.65 bits per heavy atom. The minimum absolute atomic E-state index is 0.164. The maximum Gasteiger partial charge on any atom is 0.251 e. The molecule has 2 aromatic heterocycles. The van der Waals surface area contributed by atoms with Gasteiger partial charge in [0.2, 0.25) is 10.0 Å². The van der Waals surface area contributed by atoms with Crippen LogP contribution in [0.4, 0.5) is 5.69 Å². The molecular formula is C22H19N3O4S2. The lowest BCUT2D eigenvalue weighted by Gasteiger charge is -2.17. The van der Waals surface area contributed by atoms with E-state index in [2.05, 4.69) is 10.3 Å². The van der Waals surface area contributed by atoms with Gasteiger partial charge < -0.3 is 9.73 Å². The molecule has 1 amide bonds. The molecule has 0 radical (unpaired) electrons. The number of sulfonamides is 1. The first-order valence-electron chi connectivity index (χ1n) is 9.83. The lowest BCUT2D eigenvalue weighted by atomic mass is 10.2.